The lowest BCUT2D eigenvalue weighted by molar-refractivity contribution is 0.599. The fourth-order valence-corrected chi connectivity index (χ4v) is 0. The minimum absolute atomic E-state index is 0.778. The zero-order valence-electron chi connectivity index (χ0n) is 2.93. The van der Waals surface area contributed by atoms with Crippen LogP contribution in [-0.2, 0) is 0 Å². The molecule has 0 aromatic carbocycles. The second-order valence-electron chi connectivity index (χ2n) is 0.202. The van der Waals surface area contributed by atoms with Gasteiger partial charge in [-0.3, -0.25) is 0 Å². The average Bonchev–Trinajstić information content (AvgIpc) is 1.39. The van der Waals surface area contributed by atoms with E-state index in [1.165, 1.54) is 0 Å². The summed E-state index contributed by atoms with van der Waals surface area (Å²) >= 11 is 8.66. The molecule has 40 valence electrons. The molecule has 0 spiro atoms. The third kappa shape index (κ3) is 271. The summed E-state index contributed by atoms with van der Waals surface area (Å²) in [6.45, 7) is 0. The van der Waals surface area contributed by atoms with Crippen LogP contribution in [0, 0.1) is 0 Å². The van der Waals surface area contributed by atoms with Gasteiger partial charge in [0, 0.05) is 0 Å². The summed E-state index contributed by atoms with van der Waals surface area (Å²) in [5.74, 6) is 0. The third-order valence-corrected chi connectivity index (χ3v) is 0. The lowest BCUT2D eigenvalue weighted by Crippen LogP contribution is -1.29. The zero-order chi connectivity index (χ0) is 5.41. The lowest BCUT2D eigenvalue weighted by atomic mass is 11.8. The normalized spacial score (nSPS) is 6.00. The second kappa shape index (κ2) is 18.0. The first-order valence-corrected chi connectivity index (χ1v) is 2.14. The molecule has 0 aliphatic rings. The molecule has 0 bridgehead atoms. The van der Waals surface area contributed by atoms with E-state index in [4.69, 9.17) is 0 Å². The molecule has 6 heavy (non-hydrogen) atoms. The molecule has 0 saturated heterocycles. The molecule has 0 fully saturated rings. The van der Waals surface area contributed by atoms with Gasteiger partial charge in [0.25, 0.3) is 0 Å². The molecule has 0 radical (unpaired) electrons. The van der Waals surface area contributed by atoms with Crippen LogP contribution in [0.5, 0.6) is 0 Å². The highest BCUT2D eigenvalue weighted by Gasteiger charge is 1.43. The zero-order valence-corrected chi connectivity index (χ0v) is 4.44. The maximum atomic E-state index is 10.1. The molecule has 0 aromatic heterocycles. The maximum absolute atomic E-state index is 10.1. The van der Waals surface area contributed by atoms with Crippen LogP contribution in [0.4, 0.5) is 8.78 Å². The summed E-state index contributed by atoms with van der Waals surface area (Å²) in [5, 5.41) is 0. The summed E-state index contributed by atoms with van der Waals surface area (Å²) in [6, 6.07) is 0. The van der Waals surface area contributed by atoms with Crippen molar-refractivity contribution in [1.29, 1.82) is 0 Å². The number of hydrogen-bond acceptors (Lipinski definition) is 0. The average molecular weight is 137 g/mol. The van der Waals surface area contributed by atoms with Crippen LogP contribution in [0.3, 0.4) is 0 Å². The van der Waals surface area contributed by atoms with Gasteiger partial charge < -0.3 is 0 Å². The smallest absolute Gasteiger partial charge is 0.163 e. The molecule has 0 rings (SSSR count). The fourth-order valence-electron chi connectivity index (χ4n) is 0. The van der Waals surface area contributed by atoms with Crippen LogP contribution < -0.4 is 0 Å². The Kier molecular flexibility index (Phi) is 29.0. The van der Waals surface area contributed by atoms with Gasteiger partial charge in [-0.15, -0.1) is 0 Å². The van der Waals surface area contributed by atoms with E-state index in [2.05, 4.69) is 23.2 Å². The van der Waals surface area contributed by atoms with Crippen molar-refractivity contribution in [3.8, 4) is 0 Å². The van der Waals surface area contributed by atoms with Crippen molar-refractivity contribution in [3.05, 3.63) is 0 Å². The summed E-state index contributed by atoms with van der Waals surface area (Å²) in [4.78, 5) is 0. The Morgan fingerprint density at radius 2 is 1.00 bits per heavy atom. The van der Waals surface area contributed by atoms with Crippen molar-refractivity contribution < 1.29 is 8.78 Å². The van der Waals surface area contributed by atoms with Gasteiger partial charge in [0.05, 0.1) is 0 Å². The molecule has 0 N–H and O–H groups in total. The lowest BCUT2D eigenvalue weighted by Gasteiger charge is -1.42. The Hall–Kier alpha value is 0.440. The SMILES string of the molecule is FCCl.FCCl. The van der Waals surface area contributed by atoms with Crippen LogP contribution in [0.25, 0.3) is 0 Å². The second-order valence-corrected chi connectivity index (χ2v) is 0.606. The van der Waals surface area contributed by atoms with Crippen molar-refractivity contribution in [1.82, 2.24) is 0 Å². The Balaban J connectivity index is 0. The Morgan fingerprint density at radius 3 is 1.00 bits per heavy atom. The maximum Gasteiger partial charge on any atom is 0.163 e. The molecule has 0 aliphatic carbocycles. The monoisotopic (exact) mass is 136 g/mol. The molecule has 0 saturated carbocycles. The number of halogens is 4. The van der Waals surface area contributed by atoms with Crippen LogP contribution in [-0.4, -0.2) is 12.3 Å². The summed E-state index contributed by atoms with van der Waals surface area (Å²) < 4.78 is 20.1. The van der Waals surface area contributed by atoms with Gasteiger partial charge in [-0.1, -0.05) is 23.2 Å². The standard InChI is InChI=1S/2CH2ClF/c2*2-1-3/h2*1H2. The van der Waals surface area contributed by atoms with E-state index in [0.29, 0.717) is 0 Å². The van der Waals surface area contributed by atoms with Crippen LogP contribution in [0.2, 0.25) is 0 Å². The minimum atomic E-state index is -0.778. The first kappa shape index (κ1) is 9.67. The van der Waals surface area contributed by atoms with E-state index in [-0.39, 0.29) is 0 Å². The Bertz CT molecular complexity index is 11.5. The summed E-state index contributed by atoms with van der Waals surface area (Å²) in [5.41, 5.74) is 0. The van der Waals surface area contributed by atoms with E-state index < -0.39 is 12.3 Å². The van der Waals surface area contributed by atoms with Gasteiger partial charge in [0.2, 0.25) is 0 Å². The highest BCUT2D eigenvalue weighted by Crippen LogP contribution is 1.65. The molecule has 4 heteroatoms. The van der Waals surface area contributed by atoms with E-state index >= 15 is 0 Å². The molecule has 0 nitrogen and oxygen atoms in total. The fraction of sp³-hybridized carbons (Fsp3) is 1.00. The van der Waals surface area contributed by atoms with Crippen molar-refractivity contribution in [3.63, 3.8) is 0 Å². The van der Waals surface area contributed by atoms with E-state index in [9.17, 15) is 8.78 Å². The highest BCUT2D eigenvalue weighted by atomic mass is 35.5. The van der Waals surface area contributed by atoms with Gasteiger partial charge >= 0.3 is 0 Å². The molecule has 0 aromatic rings. The van der Waals surface area contributed by atoms with Gasteiger partial charge in [0.15, 0.2) is 12.3 Å². The Labute approximate surface area is 45.0 Å². The van der Waals surface area contributed by atoms with Gasteiger partial charge in [-0.05, 0) is 0 Å². The largest absolute Gasteiger partial charge is 0.234 e. The van der Waals surface area contributed by atoms with Gasteiger partial charge in [-0.25, -0.2) is 8.78 Å². The topological polar surface area (TPSA) is 0 Å². The molecule has 0 atom stereocenters. The first-order chi connectivity index (χ1) is 2.83. The van der Waals surface area contributed by atoms with Crippen LogP contribution >= 0.6 is 23.2 Å². The molecule has 0 amide bonds. The Morgan fingerprint density at radius 1 is 1.00 bits per heavy atom. The molecular formula is C2H4Cl2F2. The van der Waals surface area contributed by atoms with Crippen LogP contribution in [0.1, 0.15) is 0 Å². The third-order valence-electron chi connectivity index (χ3n) is 0. The van der Waals surface area contributed by atoms with Crippen molar-refractivity contribution in [2.24, 2.45) is 0 Å². The van der Waals surface area contributed by atoms with Crippen molar-refractivity contribution >= 4 is 23.2 Å². The molecule has 0 heterocycles. The quantitative estimate of drug-likeness (QED) is 0.449. The van der Waals surface area contributed by atoms with Crippen molar-refractivity contribution in [2.45, 2.75) is 0 Å². The predicted octanol–water partition coefficient (Wildman–Crippen LogP) is 2.30. The van der Waals surface area contributed by atoms with E-state index in [1.54, 1.807) is 0 Å². The van der Waals surface area contributed by atoms with Gasteiger partial charge in [-0.2, -0.15) is 0 Å². The highest BCUT2D eigenvalue weighted by molar-refractivity contribution is 6.17. The predicted molar refractivity (Wildman–Crippen MR) is 23.7 cm³/mol. The molecule has 0 unspecified atom stereocenters. The number of alkyl halides is 4. The first-order valence-electron chi connectivity index (χ1n) is 1.07. The summed E-state index contributed by atoms with van der Waals surface area (Å²) in [6.07, 6.45) is -1.56. The van der Waals surface area contributed by atoms with Crippen LogP contribution in [0.15, 0.2) is 0 Å². The van der Waals surface area contributed by atoms with Crippen molar-refractivity contribution in [2.75, 3.05) is 12.3 Å². The summed E-state index contributed by atoms with van der Waals surface area (Å²) in [7, 11) is 0. The number of hydrogen-bond donors (Lipinski definition) is 0. The molecular weight excluding hydrogens is 133 g/mol. The number of rotatable bonds is 0. The van der Waals surface area contributed by atoms with E-state index in [1.807, 2.05) is 0 Å². The molecule has 0 aliphatic heterocycles. The van der Waals surface area contributed by atoms with E-state index in [0.717, 1.165) is 0 Å². The minimum Gasteiger partial charge on any atom is -0.234 e. The van der Waals surface area contributed by atoms with Gasteiger partial charge in [0.1, 0.15) is 0 Å².